The summed E-state index contributed by atoms with van der Waals surface area (Å²) in [6, 6.07) is 14.2. The Balaban J connectivity index is 2.03. The fraction of sp³-hybridized carbons (Fsp3) is 0.200. The molecule has 21 heavy (non-hydrogen) atoms. The summed E-state index contributed by atoms with van der Waals surface area (Å²) in [5.74, 6) is 0. The van der Waals surface area contributed by atoms with Gasteiger partial charge in [-0.15, -0.1) is 0 Å². The third-order valence-electron chi connectivity index (χ3n) is 3.23. The van der Waals surface area contributed by atoms with Crippen LogP contribution in [-0.4, -0.2) is 18.9 Å². The van der Waals surface area contributed by atoms with Crippen molar-refractivity contribution in [3.63, 3.8) is 0 Å². The van der Waals surface area contributed by atoms with E-state index < -0.39 is 18.9 Å². The Hall–Kier alpha value is -1.69. The molecule has 110 valence electrons. The van der Waals surface area contributed by atoms with Crippen LogP contribution in [0.2, 0.25) is 0 Å². The van der Waals surface area contributed by atoms with Crippen LogP contribution in [0.4, 0.5) is 28.9 Å². The topological polar surface area (TPSA) is 3.24 Å². The Morgan fingerprint density at radius 3 is 1.86 bits per heavy atom. The summed E-state index contributed by atoms with van der Waals surface area (Å²) in [6.45, 7) is -0.738. The van der Waals surface area contributed by atoms with Crippen molar-refractivity contribution in [1.82, 2.24) is 0 Å². The average molecular weight is 313 g/mol. The second-order valence-electron chi connectivity index (χ2n) is 4.66. The van der Waals surface area contributed by atoms with Crippen LogP contribution in [0.25, 0.3) is 0 Å². The van der Waals surface area contributed by atoms with E-state index in [0.29, 0.717) is 11.4 Å². The fourth-order valence-corrected chi connectivity index (χ4v) is 3.34. The molecule has 0 amide bonds. The van der Waals surface area contributed by atoms with E-state index in [1.54, 1.807) is 24.3 Å². The van der Waals surface area contributed by atoms with E-state index in [4.69, 9.17) is 0 Å². The fourth-order valence-electron chi connectivity index (χ4n) is 2.24. The first kappa shape index (κ1) is 14.3. The Morgan fingerprint density at radius 2 is 1.38 bits per heavy atom. The third kappa shape index (κ3) is 2.72. The number of hydrogen-bond donors (Lipinski definition) is 0. The monoisotopic (exact) mass is 313 g/mol. The summed E-state index contributed by atoms with van der Waals surface area (Å²) < 4.78 is 51.2. The summed E-state index contributed by atoms with van der Waals surface area (Å²) in [5.41, 5.74) is 1.21. The first-order valence-corrected chi connectivity index (χ1v) is 7.12. The molecule has 1 atom stereocenters. The summed E-state index contributed by atoms with van der Waals surface area (Å²) in [7, 11) is 0. The first-order valence-electron chi connectivity index (χ1n) is 6.31. The molecule has 1 nitrogen and oxygen atoms in total. The standard InChI is InChI=1S/C15H11F4NS/c16-14(15(17,18)19)9-20-10-5-1-3-7-12(10)21-13-8-4-2-6-11(13)20/h1-8,14H,9H2. The smallest absolute Gasteiger partial charge is 0.336 e. The van der Waals surface area contributed by atoms with Crippen LogP contribution < -0.4 is 4.90 Å². The molecule has 1 aliphatic heterocycles. The minimum absolute atomic E-state index is 0.605. The normalized spacial score (nSPS) is 15.3. The molecule has 1 heterocycles. The van der Waals surface area contributed by atoms with Crippen LogP contribution in [0.15, 0.2) is 58.3 Å². The summed E-state index contributed by atoms with van der Waals surface area (Å²) in [6.07, 6.45) is -7.74. The zero-order valence-corrected chi connectivity index (χ0v) is 11.6. The number of rotatable bonds is 2. The number of para-hydroxylation sites is 2. The predicted molar refractivity (Wildman–Crippen MR) is 75.0 cm³/mol. The van der Waals surface area contributed by atoms with Crippen molar-refractivity contribution in [1.29, 1.82) is 0 Å². The van der Waals surface area contributed by atoms with Gasteiger partial charge < -0.3 is 4.90 Å². The highest BCUT2D eigenvalue weighted by Gasteiger charge is 2.42. The minimum Gasteiger partial charge on any atom is -0.336 e. The molecule has 1 aliphatic rings. The zero-order valence-electron chi connectivity index (χ0n) is 10.8. The second-order valence-corrected chi connectivity index (χ2v) is 5.74. The van der Waals surface area contributed by atoms with E-state index in [9.17, 15) is 17.6 Å². The molecular weight excluding hydrogens is 302 g/mol. The Bertz CT molecular complexity index is 611. The van der Waals surface area contributed by atoms with Gasteiger partial charge in [-0.2, -0.15) is 13.2 Å². The number of alkyl halides is 4. The Morgan fingerprint density at radius 1 is 0.905 bits per heavy atom. The number of fused-ring (bicyclic) bond motifs is 2. The van der Waals surface area contributed by atoms with Crippen molar-refractivity contribution in [2.75, 3.05) is 11.4 Å². The maximum atomic E-state index is 13.5. The number of hydrogen-bond acceptors (Lipinski definition) is 2. The van der Waals surface area contributed by atoms with Gasteiger partial charge in [-0.1, -0.05) is 36.0 Å². The van der Waals surface area contributed by atoms with Crippen molar-refractivity contribution in [3.05, 3.63) is 48.5 Å². The van der Waals surface area contributed by atoms with E-state index >= 15 is 0 Å². The number of benzene rings is 2. The largest absolute Gasteiger partial charge is 0.421 e. The molecule has 2 aromatic carbocycles. The van der Waals surface area contributed by atoms with E-state index in [1.807, 2.05) is 24.3 Å². The summed E-state index contributed by atoms with van der Waals surface area (Å²) in [5, 5.41) is 0. The van der Waals surface area contributed by atoms with Crippen LogP contribution >= 0.6 is 11.8 Å². The first-order chi connectivity index (χ1) is 9.97. The van der Waals surface area contributed by atoms with Crippen molar-refractivity contribution in [2.24, 2.45) is 0 Å². The minimum atomic E-state index is -4.85. The molecule has 3 rings (SSSR count). The van der Waals surface area contributed by atoms with Gasteiger partial charge in [0, 0.05) is 9.79 Å². The molecule has 0 N–H and O–H groups in total. The van der Waals surface area contributed by atoms with Gasteiger partial charge in [0.25, 0.3) is 0 Å². The average Bonchev–Trinajstić information content (AvgIpc) is 2.46. The number of anilines is 2. The van der Waals surface area contributed by atoms with Crippen molar-refractivity contribution >= 4 is 23.1 Å². The number of halogens is 4. The molecule has 0 saturated carbocycles. The van der Waals surface area contributed by atoms with E-state index in [0.717, 1.165) is 9.79 Å². The van der Waals surface area contributed by atoms with Gasteiger partial charge in [-0.25, -0.2) is 4.39 Å². The van der Waals surface area contributed by atoms with Gasteiger partial charge in [-0.3, -0.25) is 0 Å². The molecule has 0 aromatic heterocycles. The van der Waals surface area contributed by atoms with Gasteiger partial charge >= 0.3 is 6.18 Å². The summed E-state index contributed by atoms with van der Waals surface area (Å²) in [4.78, 5) is 3.05. The lowest BCUT2D eigenvalue weighted by Crippen LogP contribution is -2.37. The number of nitrogens with zero attached hydrogens (tertiary/aromatic N) is 1. The highest BCUT2D eigenvalue weighted by Crippen LogP contribution is 2.48. The van der Waals surface area contributed by atoms with Gasteiger partial charge in [0.15, 0.2) is 0 Å². The predicted octanol–water partition coefficient (Wildman–Crippen LogP) is 5.19. The van der Waals surface area contributed by atoms with Crippen LogP contribution in [0, 0.1) is 0 Å². The van der Waals surface area contributed by atoms with E-state index in [-0.39, 0.29) is 0 Å². The van der Waals surface area contributed by atoms with Crippen LogP contribution in [-0.2, 0) is 0 Å². The Kier molecular flexibility index (Phi) is 3.57. The lowest BCUT2D eigenvalue weighted by atomic mass is 10.2. The van der Waals surface area contributed by atoms with E-state index in [1.165, 1.54) is 16.7 Å². The highest BCUT2D eigenvalue weighted by molar-refractivity contribution is 7.99. The Labute approximate surface area is 123 Å². The molecule has 0 aliphatic carbocycles. The zero-order chi connectivity index (χ0) is 15.0. The molecule has 2 aromatic rings. The molecule has 0 spiro atoms. The SMILES string of the molecule is FC(CN1c2ccccc2Sc2ccccc21)C(F)(F)F. The summed E-state index contributed by atoms with van der Waals surface area (Å²) >= 11 is 1.48. The molecule has 1 unspecified atom stereocenters. The van der Waals surface area contributed by atoms with Crippen molar-refractivity contribution in [3.8, 4) is 0 Å². The maximum absolute atomic E-state index is 13.5. The van der Waals surface area contributed by atoms with Crippen molar-refractivity contribution in [2.45, 2.75) is 22.1 Å². The quantitative estimate of drug-likeness (QED) is 0.702. The molecule has 0 saturated heterocycles. The third-order valence-corrected chi connectivity index (χ3v) is 4.36. The van der Waals surface area contributed by atoms with Crippen LogP contribution in [0.1, 0.15) is 0 Å². The van der Waals surface area contributed by atoms with Gasteiger partial charge in [0.05, 0.1) is 17.9 Å². The van der Waals surface area contributed by atoms with E-state index in [2.05, 4.69) is 0 Å². The maximum Gasteiger partial charge on any atom is 0.421 e. The lowest BCUT2D eigenvalue weighted by Gasteiger charge is -2.33. The highest BCUT2D eigenvalue weighted by atomic mass is 32.2. The van der Waals surface area contributed by atoms with Gasteiger partial charge in [0.1, 0.15) is 0 Å². The molecular formula is C15H11F4NS. The van der Waals surface area contributed by atoms with Crippen LogP contribution in [0.3, 0.4) is 0 Å². The lowest BCUT2D eigenvalue weighted by molar-refractivity contribution is -0.177. The molecule has 0 fully saturated rings. The molecule has 0 bridgehead atoms. The van der Waals surface area contributed by atoms with Crippen LogP contribution in [0.5, 0.6) is 0 Å². The second kappa shape index (κ2) is 5.26. The molecule has 0 radical (unpaired) electrons. The van der Waals surface area contributed by atoms with Gasteiger partial charge in [0.2, 0.25) is 6.17 Å². The molecule has 6 heteroatoms. The van der Waals surface area contributed by atoms with Gasteiger partial charge in [-0.05, 0) is 24.3 Å². The van der Waals surface area contributed by atoms with Crippen molar-refractivity contribution < 1.29 is 17.6 Å².